The molecule has 1 N–H and O–H groups in total. The molecule has 0 saturated heterocycles. The van der Waals surface area contributed by atoms with Crippen molar-refractivity contribution in [3.63, 3.8) is 0 Å². The fraction of sp³-hybridized carbons (Fsp3) is 0.0952. The summed E-state index contributed by atoms with van der Waals surface area (Å²) >= 11 is 15.5. The Bertz CT molecular complexity index is 1150. The summed E-state index contributed by atoms with van der Waals surface area (Å²) in [5.41, 5.74) is 1.07. The first-order valence-corrected chi connectivity index (χ1v) is 11.8. The van der Waals surface area contributed by atoms with E-state index in [1.165, 1.54) is 12.1 Å². The number of rotatable bonds is 7. The Morgan fingerprint density at radius 3 is 2.33 bits per heavy atom. The van der Waals surface area contributed by atoms with Gasteiger partial charge in [-0.1, -0.05) is 63.4 Å². The van der Waals surface area contributed by atoms with Gasteiger partial charge in [-0.05, 0) is 54.1 Å². The van der Waals surface area contributed by atoms with Crippen LogP contribution in [0.5, 0.6) is 0 Å². The van der Waals surface area contributed by atoms with Crippen molar-refractivity contribution < 1.29 is 13.2 Å². The lowest BCUT2D eigenvalue weighted by Gasteiger charge is -2.22. The smallest absolute Gasteiger partial charge is 0.243 e. The number of nitrogens with one attached hydrogen (secondary N) is 1. The van der Waals surface area contributed by atoms with Crippen LogP contribution < -0.4 is 5.32 Å². The first-order chi connectivity index (χ1) is 14.3. The minimum atomic E-state index is -3.96. The lowest BCUT2D eigenvalue weighted by atomic mass is 10.2. The Labute approximate surface area is 193 Å². The van der Waals surface area contributed by atoms with Gasteiger partial charge in [0.15, 0.2) is 0 Å². The molecule has 0 unspecified atom stereocenters. The van der Waals surface area contributed by atoms with Gasteiger partial charge in [0.05, 0.1) is 11.4 Å². The highest BCUT2D eigenvalue weighted by Gasteiger charge is 2.27. The quantitative estimate of drug-likeness (QED) is 0.435. The molecule has 0 spiro atoms. The number of anilines is 1. The summed E-state index contributed by atoms with van der Waals surface area (Å²) < 4.78 is 28.4. The third-order valence-electron chi connectivity index (χ3n) is 4.18. The second-order valence-electron chi connectivity index (χ2n) is 6.38. The van der Waals surface area contributed by atoms with Crippen LogP contribution in [0.3, 0.4) is 0 Å². The lowest BCUT2D eigenvalue weighted by molar-refractivity contribution is -0.116. The maximum absolute atomic E-state index is 13.3. The summed E-state index contributed by atoms with van der Waals surface area (Å²) in [6, 6.07) is 19.8. The number of sulfonamides is 1. The van der Waals surface area contributed by atoms with Crippen LogP contribution in [0.4, 0.5) is 5.69 Å². The number of hydrogen-bond acceptors (Lipinski definition) is 3. The molecule has 0 aromatic heterocycles. The zero-order valence-electron chi connectivity index (χ0n) is 15.6. The molecule has 0 aliphatic heterocycles. The van der Waals surface area contributed by atoms with Gasteiger partial charge in [-0.25, -0.2) is 8.42 Å². The van der Waals surface area contributed by atoms with E-state index in [0.29, 0.717) is 21.3 Å². The molecule has 1 amide bonds. The largest absolute Gasteiger partial charge is 0.325 e. The van der Waals surface area contributed by atoms with Crippen LogP contribution in [0.2, 0.25) is 10.0 Å². The zero-order valence-corrected chi connectivity index (χ0v) is 19.5. The molecule has 9 heteroatoms. The van der Waals surface area contributed by atoms with Crippen molar-refractivity contribution in [3.05, 3.63) is 92.9 Å². The topological polar surface area (TPSA) is 66.5 Å². The molecule has 0 bridgehead atoms. The molecule has 0 aliphatic rings. The minimum Gasteiger partial charge on any atom is -0.325 e. The van der Waals surface area contributed by atoms with Gasteiger partial charge in [-0.3, -0.25) is 4.79 Å². The third kappa shape index (κ3) is 5.83. The Balaban J connectivity index is 1.89. The number of hydrogen-bond donors (Lipinski definition) is 1. The average molecular weight is 528 g/mol. The molecule has 0 atom stereocenters. The van der Waals surface area contributed by atoms with Crippen molar-refractivity contribution in [1.29, 1.82) is 0 Å². The first kappa shape index (κ1) is 22.8. The Morgan fingerprint density at radius 2 is 1.67 bits per heavy atom. The van der Waals surface area contributed by atoms with Crippen LogP contribution in [0, 0.1) is 0 Å². The van der Waals surface area contributed by atoms with Gasteiger partial charge < -0.3 is 5.32 Å². The van der Waals surface area contributed by atoms with E-state index in [1.807, 2.05) is 0 Å². The van der Waals surface area contributed by atoms with E-state index in [-0.39, 0.29) is 11.4 Å². The summed E-state index contributed by atoms with van der Waals surface area (Å²) in [5, 5.41) is 3.56. The molecule has 0 radical (unpaired) electrons. The summed E-state index contributed by atoms with van der Waals surface area (Å²) in [6.07, 6.45) is 0. The predicted molar refractivity (Wildman–Crippen MR) is 123 cm³/mol. The zero-order chi connectivity index (χ0) is 21.7. The van der Waals surface area contributed by atoms with Crippen LogP contribution >= 0.6 is 39.1 Å². The molecule has 30 heavy (non-hydrogen) atoms. The number of halogens is 3. The molecule has 0 fully saturated rings. The first-order valence-electron chi connectivity index (χ1n) is 8.80. The van der Waals surface area contributed by atoms with Gasteiger partial charge in [0.1, 0.15) is 0 Å². The van der Waals surface area contributed by atoms with Crippen molar-refractivity contribution >= 4 is 60.7 Å². The van der Waals surface area contributed by atoms with Crippen molar-refractivity contribution in [3.8, 4) is 0 Å². The normalized spacial score (nSPS) is 11.5. The van der Waals surface area contributed by atoms with E-state index in [2.05, 4.69) is 21.2 Å². The van der Waals surface area contributed by atoms with Gasteiger partial charge in [-0.2, -0.15) is 4.31 Å². The molecular weight excluding hydrogens is 511 g/mol. The van der Waals surface area contributed by atoms with Crippen molar-refractivity contribution in [1.82, 2.24) is 4.31 Å². The van der Waals surface area contributed by atoms with Gasteiger partial charge in [0, 0.05) is 26.8 Å². The Hall–Kier alpha value is -1.90. The maximum atomic E-state index is 13.3. The van der Waals surface area contributed by atoms with Crippen molar-refractivity contribution in [2.75, 3.05) is 11.9 Å². The lowest BCUT2D eigenvalue weighted by Crippen LogP contribution is -2.37. The van der Waals surface area contributed by atoms with E-state index in [9.17, 15) is 13.2 Å². The van der Waals surface area contributed by atoms with E-state index >= 15 is 0 Å². The van der Waals surface area contributed by atoms with Crippen molar-refractivity contribution in [2.24, 2.45) is 0 Å². The van der Waals surface area contributed by atoms with Gasteiger partial charge in [0.2, 0.25) is 15.9 Å². The molecule has 156 valence electrons. The van der Waals surface area contributed by atoms with Crippen molar-refractivity contribution in [2.45, 2.75) is 11.4 Å². The number of amides is 1. The molecular formula is C21H17BrCl2N2O3S. The Morgan fingerprint density at radius 1 is 0.967 bits per heavy atom. The SMILES string of the molecule is O=C(CN(Cc1ccccc1Cl)S(=O)(=O)c1ccc(Br)cc1)Nc1cccc(Cl)c1. The van der Waals surface area contributed by atoms with Gasteiger partial charge in [0.25, 0.3) is 0 Å². The molecule has 0 heterocycles. The number of carbonyl (C=O) groups excluding carboxylic acids is 1. The fourth-order valence-corrected chi connectivity index (χ4v) is 4.75. The highest BCUT2D eigenvalue weighted by molar-refractivity contribution is 9.10. The summed E-state index contributed by atoms with van der Waals surface area (Å²) in [4.78, 5) is 12.7. The second kappa shape index (κ2) is 9.94. The Kier molecular flexibility index (Phi) is 7.55. The second-order valence-corrected chi connectivity index (χ2v) is 10.1. The molecule has 3 aromatic carbocycles. The average Bonchev–Trinajstić information content (AvgIpc) is 2.69. The van der Waals surface area contributed by atoms with E-state index in [4.69, 9.17) is 23.2 Å². The van der Waals surface area contributed by atoms with Crippen LogP contribution in [-0.4, -0.2) is 25.2 Å². The summed E-state index contributed by atoms with van der Waals surface area (Å²) in [5.74, 6) is -0.495. The van der Waals surface area contributed by atoms with Gasteiger partial charge >= 0.3 is 0 Å². The molecule has 3 rings (SSSR count). The molecule has 0 aliphatic carbocycles. The molecule has 5 nitrogen and oxygen atoms in total. The highest BCUT2D eigenvalue weighted by atomic mass is 79.9. The van der Waals surface area contributed by atoms with Gasteiger partial charge in [-0.15, -0.1) is 0 Å². The van der Waals surface area contributed by atoms with E-state index < -0.39 is 22.5 Å². The van der Waals surface area contributed by atoms with Crippen LogP contribution in [0.1, 0.15) is 5.56 Å². The minimum absolute atomic E-state index is 0.0545. The monoisotopic (exact) mass is 526 g/mol. The van der Waals surface area contributed by atoms with Crippen LogP contribution in [0.15, 0.2) is 82.2 Å². The predicted octanol–water partition coefficient (Wildman–Crippen LogP) is 5.59. The summed E-state index contributed by atoms with van der Waals surface area (Å²) in [7, 11) is -3.96. The third-order valence-corrected chi connectivity index (χ3v) is 7.12. The fourth-order valence-electron chi connectivity index (χ4n) is 2.73. The molecule has 3 aromatic rings. The van der Waals surface area contributed by atoms with Crippen LogP contribution in [-0.2, 0) is 21.4 Å². The van der Waals surface area contributed by atoms with E-state index in [0.717, 1.165) is 8.78 Å². The highest BCUT2D eigenvalue weighted by Crippen LogP contribution is 2.24. The number of carbonyl (C=O) groups is 1. The number of nitrogens with zero attached hydrogens (tertiary/aromatic N) is 1. The van der Waals surface area contributed by atoms with Crippen LogP contribution in [0.25, 0.3) is 0 Å². The summed E-state index contributed by atoms with van der Waals surface area (Å²) in [6.45, 7) is -0.447. The number of benzene rings is 3. The standard InChI is InChI=1S/C21H17BrCl2N2O3S/c22-16-8-10-19(11-9-16)30(28,29)26(13-15-4-1-2-7-20(15)24)14-21(27)25-18-6-3-5-17(23)12-18/h1-12H,13-14H2,(H,25,27). The molecule has 0 saturated carbocycles. The maximum Gasteiger partial charge on any atom is 0.243 e. The van der Waals surface area contributed by atoms with E-state index in [1.54, 1.807) is 60.7 Å².